The molecule has 20 heavy (non-hydrogen) atoms. The van der Waals surface area contributed by atoms with Crippen LogP contribution in [0.3, 0.4) is 0 Å². The smallest absolute Gasteiger partial charge is 0.239 e. The summed E-state index contributed by atoms with van der Waals surface area (Å²) in [7, 11) is 0. The minimum Gasteiger partial charge on any atom is -0.352 e. The van der Waals surface area contributed by atoms with Crippen molar-refractivity contribution in [3.63, 3.8) is 0 Å². The molecule has 0 aliphatic heterocycles. The van der Waals surface area contributed by atoms with E-state index in [2.05, 4.69) is 10.6 Å². The van der Waals surface area contributed by atoms with Crippen molar-refractivity contribution in [2.75, 3.05) is 6.54 Å². The van der Waals surface area contributed by atoms with E-state index in [1.165, 1.54) is 19.3 Å². The van der Waals surface area contributed by atoms with E-state index < -0.39 is 6.04 Å². The van der Waals surface area contributed by atoms with Crippen molar-refractivity contribution < 1.29 is 9.59 Å². The molecule has 1 aliphatic carbocycles. The van der Waals surface area contributed by atoms with E-state index >= 15 is 0 Å². The van der Waals surface area contributed by atoms with Crippen molar-refractivity contribution in [1.29, 1.82) is 0 Å². The molecule has 1 fully saturated rings. The summed E-state index contributed by atoms with van der Waals surface area (Å²) in [4.78, 5) is 23.4. The lowest BCUT2D eigenvalue weighted by Crippen LogP contribution is -2.49. The van der Waals surface area contributed by atoms with Gasteiger partial charge in [0, 0.05) is 6.04 Å². The van der Waals surface area contributed by atoms with Gasteiger partial charge in [-0.1, -0.05) is 39.5 Å². The van der Waals surface area contributed by atoms with Crippen LogP contribution in [0.1, 0.15) is 52.4 Å². The molecule has 5 nitrogen and oxygen atoms in total. The second-order valence-electron chi connectivity index (χ2n) is 5.53. The highest BCUT2D eigenvalue weighted by atomic mass is 35.5. The highest BCUT2D eigenvalue weighted by molar-refractivity contribution is 5.87. The summed E-state index contributed by atoms with van der Waals surface area (Å²) in [6.45, 7) is 3.96. The average molecular weight is 306 g/mol. The first-order valence-electron chi connectivity index (χ1n) is 7.37. The van der Waals surface area contributed by atoms with Gasteiger partial charge in [-0.2, -0.15) is 0 Å². The summed E-state index contributed by atoms with van der Waals surface area (Å²) in [6, 6.07) is -0.256. The fourth-order valence-corrected chi connectivity index (χ4v) is 2.32. The zero-order chi connectivity index (χ0) is 14.3. The molecule has 0 saturated heterocycles. The fourth-order valence-electron chi connectivity index (χ4n) is 2.32. The van der Waals surface area contributed by atoms with E-state index in [1.54, 1.807) is 0 Å². The molecule has 0 bridgehead atoms. The van der Waals surface area contributed by atoms with Crippen LogP contribution in [0, 0.1) is 5.92 Å². The predicted molar refractivity (Wildman–Crippen MR) is 82.7 cm³/mol. The average Bonchev–Trinajstić information content (AvgIpc) is 2.44. The summed E-state index contributed by atoms with van der Waals surface area (Å²) in [5.74, 6) is -0.230. The Bertz CT molecular complexity index is 307. The van der Waals surface area contributed by atoms with E-state index in [9.17, 15) is 9.59 Å². The first-order chi connectivity index (χ1) is 9.04. The number of amides is 2. The summed E-state index contributed by atoms with van der Waals surface area (Å²) >= 11 is 0. The molecule has 0 radical (unpaired) electrons. The molecular formula is C14H28ClN3O2. The Kier molecular flexibility index (Phi) is 9.59. The summed E-state index contributed by atoms with van der Waals surface area (Å²) in [6.07, 6.45) is 6.56. The van der Waals surface area contributed by atoms with Crippen LogP contribution in [0.25, 0.3) is 0 Å². The van der Waals surface area contributed by atoms with Gasteiger partial charge in [0.2, 0.25) is 11.8 Å². The van der Waals surface area contributed by atoms with Crippen LogP contribution >= 0.6 is 12.4 Å². The standard InChI is InChI=1S/C14H27N3O2.ClH/c1-3-10(2)13(15)14(19)16-9-12(18)17-11-7-5-4-6-8-11;/h10-11,13H,3-9,15H2,1-2H3,(H,16,19)(H,17,18);1H. The summed E-state index contributed by atoms with van der Waals surface area (Å²) in [5.41, 5.74) is 5.80. The zero-order valence-electron chi connectivity index (χ0n) is 12.5. The number of hydrogen-bond donors (Lipinski definition) is 3. The van der Waals surface area contributed by atoms with Crippen LogP contribution in [-0.4, -0.2) is 30.4 Å². The van der Waals surface area contributed by atoms with E-state index in [0.29, 0.717) is 0 Å². The monoisotopic (exact) mass is 305 g/mol. The highest BCUT2D eigenvalue weighted by Gasteiger charge is 2.20. The maximum atomic E-state index is 11.7. The van der Waals surface area contributed by atoms with Gasteiger partial charge in [0.15, 0.2) is 0 Å². The second kappa shape index (κ2) is 10.00. The van der Waals surface area contributed by atoms with Crippen molar-refractivity contribution in [1.82, 2.24) is 10.6 Å². The Morgan fingerprint density at radius 1 is 1.25 bits per heavy atom. The minimum atomic E-state index is -0.535. The van der Waals surface area contributed by atoms with Gasteiger partial charge in [0.05, 0.1) is 12.6 Å². The van der Waals surface area contributed by atoms with Crippen molar-refractivity contribution in [3.8, 4) is 0 Å². The van der Waals surface area contributed by atoms with E-state index in [4.69, 9.17) is 5.73 Å². The molecule has 0 aromatic rings. The fraction of sp³-hybridized carbons (Fsp3) is 0.857. The molecule has 6 heteroatoms. The minimum absolute atomic E-state index is 0. The molecule has 2 atom stereocenters. The zero-order valence-corrected chi connectivity index (χ0v) is 13.3. The normalized spacial score (nSPS) is 18.6. The van der Waals surface area contributed by atoms with Crippen molar-refractivity contribution in [3.05, 3.63) is 0 Å². The SMILES string of the molecule is CCC(C)C(N)C(=O)NCC(=O)NC1CCCCC1.Cl. The molecule has 118 valence electrons. The molecule has 2 amide bonds. The largest absolute Gasteiger partial charge is 0.352 e. The molecule has 1 saturated carbocycles. The van der Waals surface area contributed by atoms with Gasteiger partial charge in [-0.3, -0.25) is 9.59 Å². The first-order valence-corrected chi connectivity index (χ1v) is 7.37. The maximum absolute atomic E-state index is 11.7. The third-order valence-corrected chi connectivity index (χ3v) is 3.95. The molecule has 0 spiro atoms. The number of rotatable bonds is 6. The number of nitrogens with two attached hydrogens (primary N) is 1. The Morgan fingerprint density at radius 3 is 2.40 bits per heavy atom. The molecule has 0 aromatic heterocycles. The number of hydrogen-bond acceptors (Lipinski definition) is 3. The number of nitrogens with one attached hydrogen (secondary N) is 2. The lowest BCUT2D eigenvalue weighted by molar-refractivity contribution is -0.127. The van der Waals surface area contributed by atoms with Crippen LogP contribution in [-0.2, 0) is 9.59 Å². The van der Waals surface area contributed by atoms with E-state index in [1.807, 2.05) is 13.8 Å². The first kappa shape index (κ1) is 19.2. The van der Waals surface area contributed by atoms with Crippen LogP contribution in [0.2, 0.25) is 0 Å². The van der Waals surface area contributed by atoms with E-state index in [-0.39, 0.29) is 42.7 Å². The van der Waals surface area contributed by atoms with Crippen molar-refractivity contribution >= 4 is 24.2 Å². The van der Waals surface area contributed by atoms with Gasteiger partial charge in [-0.25, -0.2) is 0 Å². The van der Waals surface area contributed by atoms with Crippen LogP contribution in [0.4, 0.5) is 0 Å². The third kappa shape index (κ3) is 6.57. The maximum Gasteiger partial charge on any atom is 0.239 e. The lowest BCUT2D eigenvalue weighted by atomic mass is 9.95. The predicted octanol–water partition coefficient (Wildman–Crippen LogP) is 1.35. The topological polar surface area (TPSA) is 84.2 Å². The lowest BCUT2D eigenvalue weighted by Gasteiger charge is -2.23. The van der Waals surface area contributed by atoms with Gasteiger partial charge in [-0.15, -0.1) is 12.4 Å². The molecule has 2 unspecified atom stereocenters. The van der Waals surface area contributed by atoms with E-state index in [0.717, 1.165) is 19.3 Å². The van der Waals surface area contributed by atoms with Gasteiger partial charge >= 0.3 is 0 Å². The molecule has 1 aliphatic rings. The van der Waals surface area contributed by atoms with Gasteiger partial charge in [0.1, 0.15) is 0 Å². The Morgan fingerprint density at radius 2 is 1.85 bits per heavy atom. The summed E-state index contributed by atoms with van der Waals surface area (Å²) < 4.78 is 0. The van der Waals surface area contributed by atoms with Crippen molar-refractivity contribution in [2.24, 2.45) is 11.7 Å². The van der Waals surface area contributed by atoms with Gasteiger partial charge < -0.3 is 16.4 Å². The molecule has 1 rings (SSSR count). The van der Waals surface area contributed by atoms with Crippen LogP contribution in [0.15, 0.2) is 0 Å². The number of carbonyl (C=O) groups excluding carboxylic acids is 2. The Balaban J connectivity index is 0.00000361. The van der Waals surface area contributed by atoms with Gasteiger partial charge in [0.25, 0.3) is 0 Å². The Labute approximate surface area is 127 Å². The third-order valence-electron chi connectivity index (χ3n) is 3.95. The van der Waals surface area contributed by atoms with Crippen LogP contribution < -0.4 is 16.4 Å². The summed E-state index contributed by atoms with van der Waals surface area (Å²) in [5, 5.41) is 5.57. The number of carbonyl (C=O) groups is 2. The van der Waals surface area contributed by atoms with Crippen molar-refractivity contribution in [2.45, 2.75) is 64.5 Å². The Hall–Kier alpha value is -0.810. The molecular weight excluding hydrogens is 278 g/mol. The molecule has 0 heterocycles. The molecule has 4 N–H and O–H groups in total. The molecule has 0 aromatic carbocycles. The second-order valence-corrected chi connectivity index (χ2v) is 5.53. The highest BCUT2D eigenvalue weighted by Crippen LogP contribution is 2.17. The van der Waals surface area contributed by atoms with Gasteiger partial charge in [-0.05, 0) is 18.8 Å². The quantitative estimate of drug-likeness (QED) is 0.692. The van der Waals surface area contributed by atoms with Crippen LogP contribution in [0.5, 0.6) is 0 Å². The number of halogens is 1.